The van der Waals surface area contributed by atoms with Crippen molar-refractivity contribution in [3.05, 3.63) is 46.0 Å². The number of hydrogen-bond acceptors (Lipinski definition) is 30. The number of nitrogens with one attached hydrogen (secondary N) is 2. The van der Waals surface area contributed by atoms with Crippen molar-refractivity contribution in [2.75, 3.05) is 65.0 Å². The van der Waals surface area contributed by atoms with Crippen LogP contribution in [0.4, 0.5) is 17.7 Å². The van der Waals surface area contributed by atoms with Crippen LogP contribution < -0.4 is 37.8 Å². The molecule has 9 rings (SSSR count). The predicted octanol–water partition coefficient (Wildman–Crippen LogP) is -3.40. The van der Waals surface area contributed by atoms with Crippen molar-refractivity contribution in [2.45, 2.75) is 73.9 Å². The highest BCUT2D eigenvalue weighted by Gasteiger charge is 2.53. The molecule has 39 nitrogen and oxygen atoms in total. The maximum atomic E-state index is 13.7. The van der Waals surface area contributed by atoms with Crippen molar-refractivity contribution in [1.29, 1.82) is 0 Å². The van der Waals surface area contributed by atoms with Gasteiger partial charge in [0.2, 0.25) is 24.5 Å². The van der Waals surface area contributed by atoms with Crippen LogP contribution >= 0.6 is 31.3 Å². The lowest BCUT2D eigenvalue weighted by Gasteiger charge is -2.31. The molecule has 3 aliphatic heterocycles. The van der Waals surface area contributed by atoms with Crippen molar-refractivity contribution in [2.24, 2.45) is 13.0 Å². The molecule has 0 radical (unpaired) electrons. The molecule has 6 aromatic rings. The Labute approximate surface area is 440 Å². The summed E-state index contributed by atoms with van der Waals surface area (Å²) in [5.74, 6) is -1.55. The van der Waals surface area contributed by atoms with Gasteiger partial charge < -0.3 is 84.5 Å². The number of phosphoric ester groups is 3. The molecule has 0 saturated carbocycles. The number of H-pyrrole nitrogens is 2. The minimum absolute atomic E-state index is 0.00561. The van der Waals surface area contributed by atoms with Gasteiger partial charge in [-0.05, 0) is 6.42 Å². The van der Waals surface area contributed by atoms with Gasteiger partial charge in [0.25, 0.3) is 24.5 Å². The minimum atomic E-state index is -6.18. The first-order valence-corrected chi connectivity index (χ1v) is 28.8. The Morgan fingerprint density at radius 1 is 0.684 bits per heavy atom. The number of rotatable bonds is 23. The SMILES string of the molecule is COCC[C@H]1[C@@H](O)[C@H](n2c[n+](C)c3c(=O)[nH]c(N)nc32)O[C@@H]1COP(=O)(O)OP(=O)(O)OP(=O)(O)OC[C@H]1O[C@@H](n2cnc3c(N)ncnc32)[C@H](OC)[C@@H]1OP(=O)([O-])OC[C@H]1O[C@@H](n2cnc3c(=O)[nH]c(N)nc32)[C@H](OC)[C@@H]1O. The lowest BCUT2D eigenvalue weighted by atomic mass is 9.95. The second kappa shape index (κ2) is 22.7. The molecule has 0 spiro atoms. The van der Waals surface area contributed by atoms with E-state index in [2.05, 4.69) is 48.5 Å². The smallest absolute Gasteiger partial charge is 0.490 e. The summed E-state index contributed by atoms with van der Waals surface area (Å²) in [4.78, 5) is 99.6. The molecular formula is C36H51N15O24P4. The molecule has 3 saturated heterocycles. The van der Waals surface area contributed by atoms with E-state index in [1.807, 2.05) is 0 Å². The van der Waals surface area contributed by atoms with Gasteiger partial charge >= 0.3 is 29.0 Å². The zero-order chi connectivity index (χ0) is 57.1. The van der Waals surface area contributed by atoms with E-state index in [-0.39, 0.29) is 64.2 Å². The Kier molecular flexibility index (Phi) is 16.8. The van der Waals surface area contributed by atoms with E-state index in [0.717, 1.165) is 26.1 Å². The average Bonchev–Trinajstić information content (AvgIpc) is 4.43. The molecule has 4 unspecified atom stereocenters. The first-order valence-electron chi connectivity index (χ1n) is 22.9. The van der Waals surface area contributed by atoms with Gasteiger partial charge in [-0.2, -0.15) is 23.2 Å². The van der Waals surface area contributed by atoms with E-state index in [9.17, 15) is 57.6 Å². The van der Waals surface area contributed by atoms with Crippen molar-refractivity contribution in [3.8, 4) is 0 Å². The topological polar surface area (TPSA) is 543 Å². The fourth-order valence-corrected chi connectivity index (χ4v) is 13.7. The summed E-state index contributed by atoms with van der Waals surface area (Å²) in [5, 5.41) is 22.6. The quantitative estimate of drug-likeness (QED) is 0.0221. The molecule has 6 aromatic heterocycles. The number of anilines is 3. The Morgan fingerprint density at radius 3 is 1.91 bits per heavy atom. The average molecular weight is 1200 g/mol. The summed E-state index contributed by atoms with van der Waals surface area (Å²) in [5.41, 5.74) is 16.0. The number of nitrogens with two attached hydrogens (primary N) is 3. The second-order valence-electron chi connectivity index (χ2n) is 17.6. The number of phosphoric acid groups is 4. The number of imidazole rings is 3. The molecule has 16 atom stereocenters. The summed E-state index contributed by atoms with van der Waals surface area (Å²) in [6.07, 6.45) is -11.6. The van der Waals surface area contributed by atoms with Crippen LogP contribution in [0.15, 0.2) is 34.9 Å². The van der Waals surface area contributed by atoms with Crippen molar-refractivity contribution >= 4 is 82.5 Å². The van der Waals surface area contributed by atoms with Gasteiger partial charge in [0.15, 0.2) is 35.1 Å². The van der Waals surface area contributed by atoms with Crippen LogP contribution in [-0.2, 0) is 80.4 Å². The van der Waals surface area contributed by atoms with Crippen molar-refractivity contribution < 1.29 is 108 Å². The summed E-state index contributed by atoms with van der Waals surface area (Å²) in [7, 11) is -18.4. The molecule has 434 valence electrons. The van der Waals surface area contributed by atoms with Gasteiger partial charge in [-0.15, -0.1) is 0 Å². The van der Waals surface area contributed by atoms with Crippen LogP contribution in [0, 0.1) is 5.92 Å². The largest absolute Gasteiger partial charge is 0.756 e. The first-order chi connectivity index (χ1) is 37.2. The molecule has 0 aromatic carbocycles. The first kappa shape index (κ1) is 58.5. The van der Waals surface area contributed by atoms with E-state index in [1.54, 1.807) is 0 Å². The predicted molar refractivity (Wildman–Crippen MR) is 256 cm³/mol. The van der Waals surface area contributed by atoms with Gasteiger partial charge in [-0.1, -0.05) is 0 Å². The molecule has 3 aliphatic rings. The van der Waals surface area contributed by atoms with Gasteiger partial charge in [-0.25, -0.2) is 38.2 Å². The Bertz CT molecular complexity index is 3550. The van der Waals surface area contributed by atoms with Crippen LogP contribution in [0.2, 0.25) is 0 Å². The number of methoxy groups -OCH3 is 3. The fourth-order valence-electron chi connectivity index (χ4n) is 9.22. The van der Waals surface area contributed by atoms with E-state index in [4.69, 9.17) is 63.7 Å². The van der Waals surface area contributed by atoms with Crippen molar-refractivity contribution in [1.82, 2.24) is 53.6 Å². The Balaban J connectivity index is 0.876. The third-order valence-electron chi connectivity index (χ3n) is 12.6. The number of hydrogen-bond donors (Lipinski definition) is 10. The maximum Gasteiger partial charge on any atom is 0.490 e. The number of aryl methyl sites for hydroxylation is 1. The number of aliphatic hydroxyl groups excluding tert-OH is 2. The van der Waals surface area contributed by atoms with Crippen LogP contribution in [0.3, 0.4) is 0 Å². The Morgan fingerprint density at radius 2 is 1.25 bits per heavy atom. The minimum Gasteiger partial charge on any atom is -0.756 e. The highest BCUT2D eigenvalue weighted by atomic mass is 31.3. The van der Waals surface area contributed by atoms with E-state index in [0.29, 0.717) is 0 Å². The van der Waals surface area contributed by atoms with Gasteiger partial charge in [0.1, 0.15) is 54.6 Å². The molecule has 79 heavy (non-hydrogen) atoms. The highest BCUT2D eigenvalue weighted by Crippen LogP contribution is 2.68. The second-order valence-corrected chi connectivity index (χ2v) is 23.6. The zero-order valence-electron chi connectivity index (χ0n) is 41.3. The monoisotopic (exact) mass is 1200 g/mol. The maximum absolute atomic E-state index is 13.7. The molecule has 13 N–H and O–H groups in total. The van der Waals surface area contributed by atoms with Gasteiger partial charge in [0, 0.05) is 33.9 Å². The molecular weight excluding hydrogens is 1150 g/mol. The number of ether oxygens (including phenoxy) is 6. The summed E-state index contributed by atoms with van der Waals surface area (Å²) in [6, 6.07) is 0. The van der Waals surface area contributed by atoms with E-state index >= 15 is 0 Å². The Hall–Kier alpha value is -5.15. The lowest BCUT2D eigenvalue weighted by molar-refractivity contribution is -0.646. The number of aliphatic hydroxyl groups is 2. The highest BCUT2D eigenvalue weighted by molar-refractivity contribution is 7.66. The van der Waals surface area contributed by atoms with Crippen LogP contribution in [0.25, 0.3) is 33.5 Å². The van der Waals surface area contributed by atoms with Crippen LogP contribution in [-0.4, -0.2) is 175 Å². The molecule has 3 fully saturated rings. The number of fused-ring (bicyclic) bond motifs is 3. The summed E-state index contributed by atoms with van der Waals surface area (Å²) >= 11 is 0. The number of nitrogen functional groups attached to an aromatic ring is 3. The molecule has 0 amide bonds. The number of aromatic amines is 2. The normalized spacial score (nSPS) is 29.5. The number of nitrogens with zero attached hydrogens (tertiary/aromatic N) is 10. The van der Waals surface area contributed by atoms with E-state index in [1.165, 1.54) is 45.9 Å². The molecule has 0 bridgehead atoms. The van der Waals surface area contributed by atoms with Crippen molar-refractivity contribution in [3.63, 3.8) is 0 Å². The standard InChI is InChI=1S/C36H51N15O24P4/c1-48-13-51(29-20(48)31(55)47-36(39)45-29)32-21(52)14(5-6-64-2)15(70-32)7-68-77(58,59)74-79(62,63)75-78(60,61)69-9-17-23(25(66-4)34(72-17)49-11-42-18-26(37)40-10-41-27(18)49)73-76(56,57)67-8-16-22(53)24(65-3)33(71-16)50-12-43-19-28(50)44-35(38)46-30(19)54/h10-17,21-25,32-34,52-53H,5-9H2,1-4H3,(H11-,37,38,39,40,41,44,45,46,47,54,55,56,57,58,59,60,61,62,63)/t14-,15-,16-,17-,21-,22-,23-,24-,25-,32-,33-,34-/m1/s1. The van der Waals surface area contributed by atoms with Gasteiger partial charge in [-0.3, -0.25) is 42.3 Å². The van der Waals surface area contributed by atoms with E-state index < -0.39 is 136 Å². The summed E-state index contributed by atoms with van der Waals surface area (Å²) < 4.78 is 122. The lowest BCUT2D eigenvalue weighted by Crippen LogP contribution is -2.39. The molecule has 43 heteroatoms. The van der Waals surface area contributed by atoms with Crippen LogP contribution in [0.5, 0.6) is 0 Å². The molecule has 9 heterocycles. The third kappa shape index (κ3) is 12.1. The number of aromatic nitrogens is 12. The molecule has 0 aliphatic carbocycles. The zero-order valence-corrected chi connectivity index (χ0v) is 44.8. The fraction of sp³-hybridized carbons (Fsp3) is 0.583. The van der Waals surface area contributed by atoms with Gasteiger partial charge in [0.05, 0.1) is 45.6 Å². The third-order valence-corrected chi connectivity index (χ3v) is 17.9. The van der Waals surface area contributed by atoms with Crippen LogP contribution in [0.1, 0.15) is 25.1 Å². The summed E-state index contributed by atoms with van der Waals surface area (Å²) in [6.45, 7) is -3.12.